The van der Waals surface area contributed by atoms with Crippen molar-refractivity contribution in [3.05, 3.63) is 63.7 Å². The third kappa shape index (κ3) is 5.68. The molecule has 0 atom stereocenters. The summed E-state index contributed by atoms with van der Waals surface area (Å²) in [5.41, 5.74) is -0.176. The fraction of sp³-hybridized carbons (Fsp3) is 0.278. The van der Waals surface area contributed by atoms with Crippen LogP contribution in [0.25, 0.3) is 0 Å². The van der Waals surface area contributed by atoms with Crippen molar-refractivity contribution in [3.63, 3.8) is 0 Å². The van der Waals surface area contributed by atoms with E-state index in [1.54, 1.807) is 11.9 Å². The lowest BCUT2D eigenvalue weighted by molar-refractivity contribution is -0.384. The van der Waals surface area contributed by atoms with Crippen molar-refractivity contribution in [1.82, 2.24) is 4.90 Å². The molecule has 7 nitrogen and oxygen atoms in total. The number of nitro groups is 1. The third-order valence-electron chi connectivity index (χ3n) is 3.82. The minimum Gasteiger partial charge on any atom is -0.495 e. The van der Waals surface area contributed by atoms with Crippen molar-refractivity contribution in [2.75, 3.05) is 26.0 Å². The zero-order valence-electron chi connectivity index (χ0n) is 15.1. The van der Waals surface area contributed by atoms with Gasteiger partial charge < -0.3 is 10.1 Å². The van der Waals surface area contributed by atoms with Crippen LogP contribution in [0, 0.1) is 10.1 Å². The smallest absolute Gasteiger partial charge is 0.416 e. The Morgan fingerprint density at radius 2 is 1.86 bits per heavy atom. The number of carbonyl (C=O) groups is 1. The van der Waals surface area contributed by atoms with Gasteiger partial charge in [-0.2, -0.15) is 13.2 Å². The van der Waals surface area contributed by atoms with Gasteiger partial charge in [0.2, 0.25) is 5.91 Å². The largest absolute Gasteiger partial charge is 0.495 e. The normalized spacial score (nSPS) is 11.4. The number of nitrogens with zero attached hydrogens (tertiary/aromatic N) is 2. The maximum Gasteiger partial charge on any atom is 0.416 e. The molecule has 2 aromatic rings. The molecule has 0 radical (unpaired) electrons. The first-order valence-corrected chi connectivity index (χ1v) is 8.07. The molecule has 0 saturated heterocycles. The second kappa shape index (κ2) is 8.70. The Kier molecular flexibility index (Phi) is 6.57. The van der Waals surface area contributed by atoms with Gasteiger partial charge in [0.05, 0.1) is 29.8 Å². The Morgan fingerprint density at radius 1 is 1.21 bits per heavy atom. The van der Waals surface area contributed by atoms with Crippen molar-refractivity contribution >= 4 is 17.3 Å². The molecule has 2 rings (SSSR count). The van der Waals surface area contributed by atoms with E-state index in [0.717, 1.165) is 12.1 Å². The Bertz CT molecular complexity index is 854. The van der Waals surface area contributed by atoms with Crippen molar-refractivity contribution in [2.24, 2.45) is 0 Å². The molecule has 0 unspecified atom stereocenters. The molecule has 0 aliphatic rings. The lowest BCUT2D eigenvalue weighted by Gasteiger charge is -2.17. The number of benzene rings is 2. The first kappa shape index (κ1) is 21.2. The maximum atomic E-state index is 12.6. The lowest BCUT2D eigenvalue weighted by Crippen LogP contribution is -2.30. The highest BCUT2D eigenvalue weighted by Gasteiger charge is 2.29. The summed E-state index contributed by atoms with van der Waals surface area (Å²) < 4.78 is 42.8. The summed E-state index contributed by atoms with van der Waals surface area (Å²) in [4.78, 5) is 24.1. The highest BCUT2D eigenvalue weighted by atomic mass is 19.4. The number of anilines is 1. The van der Waals surface area contributed by atoms with Crippen molar-refractivity contribution in [1.29, 1.82) is 0 Å². The highest BCUT2D eigenvalue weighted by Crippen LogP contribution is 2.30. The fourth-order valence-electron chi connectivity index (χ4n) is 2.51. The number of methoxy groups -OCH3 is 1. The van der Waals surface area contributed by atoms with Crippen LogP contribution in [0.5, 0.6) is 5.75 Å². The third-order valence-corrected chi connectivity index (χ3v) is 3.82. The number of likely N-dealkylation sites (N-methyl/N-ethyl adjacent to an activating group) is 1. The van der Waals surface area contributed by atoms with E-state index in [2.05, 4.69) is 5.32 Å². The second-order valence-electron chi connectivity index (χ2n) is 6.06. The zero-order chi connectivity index (χ0) is 20.9. The standard InChI is InChI=1S/C18H18F3N3O4/c1-23(10-12-3-5-13(6-4-12)18(19,20)21)11-17(25)22-15-9-14(24(26)27)7-8-16(15)28-2/h3-9H,10-11H2,1-2H3,(H,22,25). The van der Waals surface area contributed by atoms with Gasteiger partial charge in [0.25, 0.3) is 5.69 Å². The Balaban J connectivity index is 1.99. The van der Waals surface area contributed by atoms with Crippen LogP contribution < -0.4 is 10.1 Å². The van der Waals surface area contributed by atoms with E-state index in [9.17, 15) is 28.1 Å². The first-order valence-electron chi connectivity index (χ1n) is 8.07. The van der Waals surface area contributed by atoms with E-state index in [1.165, 1.54) is 37.4 Å². The van der Waals surface area contributed by atoms with Gasteiger partial charge in [0.15, 0.2) is 0 Å². The van der Waals surface area contributed by atoms with Gasteiger partial charge in [-0.05, 0) is 30.8 Å². The summed E-state index contributed by atoms with van der Waals surface area (Å²) in [6.45, 7) is 0.171. The van der Waals surface area contributed by atoms with Crippen molar-refractivity contribution < 1.29 is 27.6 Å². The molecule has 28 heavy (non-hydrogen) atoms. The molecule has 0 bridgehead atoms. The zero-order valence-corrected chi connectivity index (χ0v) is 15.1. The predicted molar refractivity (Wildman–Crippen MR) is 96.1 cm³/mol. The molecule has 2 aromatic carbocycles. The Morgan fingerprint density at radius 3 is 2.39 bits per heavy atom. The minimum atomic E-state index is -4.40. The number of hydrogen-bond donors (Lipinski definition) is 1. The van der Waals surface area contributed by atoms with Gasteiger partial charge in [-0.25, -0.2) is 0 Å². The van der Waals surface area contributed by atoms with E-state index in [0.29, 0.717) is 5.56 Å². The molecule has 0 fully saturated rings. The van der Waals surface area contributed by atoms with E-state index < -0.39 is 22.6 Å². The topological polar surface area (TPSA) is 84.7 Å². The van der Waals surface area contributed by atoms with Crippen molar-refractivity contribution in [2.45, 2.75) is 12.7 Å². The molecular weight excluding hydrogens is 379 g/mol. The molecule has 1 amide bonds. The van der Waals surface area contributed by atoms with Crippen LogP contribution in [-0.4, -0.2) is 36.4 Å². The van der Waals surface area contributed by atoms with Crippen molar-refractivity contribution in [3.8, 4) is 5.75 Å². The van der Waals surface area contributed by atoms with Gasteiger partial charge in [0, 0.05) is 18.7 Å². The molecule has 0 saturated carbocycles. The van der Waals surface area contributed by atoms with Gasteiger partial charge in [-0.15, -0.1) is 0 Å². The summed E-state index contributed by atoms with van der Waals surface area (Å²) in [6.07, 6.45) is -4.40. The predicted octanol–water partition coefficient (Wildman–Crippen LogP) is 3.69. The van der Waals surface area contributed by atoms with E-state index >= 15 is 0 Å². The average molecular weight is 397 g/mol. The molecule has 10 heteroatoms. The second-order valence-corrected chi connectivity index (χ2v) is 6.06. The summed E-state index contributed by atoms with van der Waals surface area (Å²) in [6, 6.07) is 8.48. The molecule has 0 aromatic heterocycles. The lowest BCUT2D eigenvalue weighted by atomic mass is 10.1. The quantitative estimate of drug-likeness (QED) is 0.569. The van der Waals surface area contributed by atoms with E-state index in [4.69, 9.17) is 4.74 Å². The van der Waals surface area contributed by atoms with Crippen LogP contribution in [0.15, 0.2) is 42.5 Å². The number of rotatable bonds is 7. The molecule has 0 heterocycles. The summed E-state index contributed by atoms with van der Waals surface area (Å²) >= 11 is 0. The molecule has 0 spiro atoms. The molecule has 150 valence electrons. The van der Waals surface area contributed by atoms with Gasteiger partial charge >= 0.3 is 6.18 Å². The van der Waals surface area contributed by atoms with Crippen LogP contribution in [0.3, 0.4) is 0 Å². The van der Waals surface area contributed by atoms with Crippen LogP contribution in [0.2, 0.25) is 0 Å². The molecule has 0 aliphatic carbocycles. The van der Waals surface area contributed by atoms with Crippen LogP contribution in [0.4, 0.5) is 24.5 Å². The number of non-ortho nitro benzene ring substituents is 1. The Hall–Kier alpha value is -3.14. The number of nitro benzene ring substituents is 1. The number of nitrogens with one attached hydrogen (secondary N) is 1. The average Bonchev–Trinajstić information content (AvgIpc) is 2.61. The van der Waals surface area contributed by atoms with Gasteiger partial charge in [-0.3, -0.25) is 19.8 Å². The number of alkyl halides is 3. The molecule has 0 aliphatic heterocycles. The first-order chi connectivity index (χ1) is 13.1. The number of carbonyl (C=O) groups excluding carboxylic acids is 1. The minimum absolute atomic E-state index is 0.0765. The summed E-state index contributed by atoms with van der Waals surface area (Å²) in [7, 11) is 3.00. The van der Waals surface area contributed by atoms with Crippen LogP contribution >= 0.6 is 0 Å². The monoisotopic (exact) mass is 397 g/mol. The number of amides is 1. The number of hydrogen-bond acceptors (Lipinski definition) is 5. The van der Waals surface area contributed by atoms with Gasteiger partial charge in [-0.1, -0.05) is 12.1 Å². The molecular formula is C18H18F3N3O4. The Labute approximate surface area is 158 Å². The summed E-state index contributed by atoms with van der Waals surface area (Å²) in [5.74, 6) is -0.183. The fourth-order valence-corrected chi connectivity index (χ4v) is 2.51. The number of halogens is 3. The number of ether oxygens (including phenoxy) is 1. The SMILES string of the molecule is COc1ccc([N+](=O)[O-])cc1NC(=O)CN(C)Cc1ccc(C(F)(F)F)cc1. The van der Waals surface area contributed by atoms with Crippen LogP contribution in [-0.2, 0) is 17.5 Å². The summed E-state index contributed by atoms with van der Waals surface area (Å²) in [5, 5.41) is 13.4. The highest BCUT2D eigenvalue weighted by molar-refractivity contribution is 5.94. The maximum absolute atomic E-state index is 12.6. The van der Waals surface area contributed by atoms with E-state index in [1.807, 2.05) is 0 Å². The molecule has 1 N–H and O–H groups in total. The van der Waals surface area contributed by atoms with Crippen LogP contribution in [0.1, 0.15) is 11.1 Å². The van der Waals surface area contributed by atoms with Gasteiger partial charge in [0.1, 0.15) is 5.75 Å². The van der Waals surface area contributed by atoms with E-state index in [-0.39, 0.29) is 30.2 Å².